The number of hydrogen-bond donors (Lipinski definition) is 0. The Morgan fingerprint density at radius 2 is 1.74 bits per heavy atom. The van der Waals surface area contributed by atoms with Crippen LogP contribution in [0.4, 0.5) is 0 Å². The van der Waals surface area contributed by atoms with Crippen molar-refractivity contribution in [3.05, 3.63) is 86.6 Å². The zero-order valence-electron chi connectivity index (χ0n) is 14.8. The predicted octanol–water partition coefficient (Wildman–Crippen LogP) is 4.34. The summed E-state index contributed by atoms with van der Waals surface area (Å²) in [7, 11) is 3.52. The van der Waals surface area contributed by atoms with Crippen LogP contribution in [0.2, 0.25) is 5.02 Å². The van der Waals surface area contributed by atoms with Crippen molar-refractivity contribution in [2.75, 3.05) is 7.05 Å². The van der Waals surface area contributed by atoms with Crippen molar-refractivity contribution in [3.63, 3.8) is 0 Å². The lowest BCUT2D eigenvalue weighted by molar-refractivity contribution is 0.0777. The number of hydrogen-bond acceptors (Lipinski definition) is 3. The van der Waals surface area contributed by atoms with Crippen LogP contribution in [0, 0.1) is 0 Å². The van der Waals surface area contributed by atoms with Gasteiger partial charge in [-0.2, -0.15) is 5.10 Å². The maximum Gasteiger partial charge on any atom is 0.254 e. The topological polar surface area (TPSA) is 55.2 Å². The van der Waals surface area contributed by atoms with Gasteiger partial charge in [0.05, 0.1) is 28.5 Å². The molecule has 0 aliphatic carbocycles. The van der Waals surface area contributed by atoms with Gasteiger partial charge in [-0.25, -0.2) is 0 Å². The maximum absolute atomic E-state index is 13.0. The molecule has 0 aliphatic rings. The molecule has 7 heteroatoms. The van der Waals surface area contributed by atoms with E-state index < -0.39 is 0 Å². The number of ketones is 1. The van der Waals surface area contributed by atoms with Crippen LogP contribution in [0.25, 0.3) is 0 Å². The van der Waals surface area contributed by atoms with Crippen LogP contribution < -0.4 is 0 Å². The highest BCUT2D eigenvalue weighted by Crippen LogP contribution is 2.21. The summed E-state index contributed by atoms with van der Waals surface area (Å²) in [6.07, 6.45) is 1.69. The molecular weight excluding hydrogens is 430 g/mol. The first-order valence-corrected chi connectivity index (χ1v) is 9.36. The van der Waals surface area contributed by atoms with E-state index in [1.165, 1.54) is 0 Å². The second-order valence-corrected chi connectivity index (χ2v) is 7.40. The summed E-state index contributed by atoms with van der Waals surface area (Å²) in [5, 5.41) is 4.71. The van der Waals surface area contributed by atoms with Crippen molar-refractivity contribution in [1.82, 2.24) is 14.7 Å². The van der Waals surface area contributed by atoms with E-state index >= 15 is 0 Å². The number of carbonyl (C=O) groups is 2. The summed E-state index contributed by atoms with van der Waals surface area (Å²) < 4.78 is 2.54. The molecule has 0 atom stereocenters. The van der Waals surface area contributed by atoms with E-state index in [1.807, 2.05) is 7.05 Å². The van der Waals surface area contributed by atoms with Gasteiger partial charge in [0.25, 0.3) is 5.91 Å². The molecule has 27 heavy (non-hydrogen) atoms. The van der Waals surface area contributed by atoms with Gasteiger partial charge in [0.15, 0.2) is 5.78 Å². The summed E-state index contributed by atoms with van der Waals surface area (Å²) in [6, 6.07) is 13.5. The molecule has 138 valence electrons. The Morgan fingerprint density at radius 3 is 2.33 bits per heavy atom. The number of aromatic nitrogens is 2. The molecule has 0 unspecified atom stereocenters. The maximum atomic E-state index is 13.0. The van der Waals surface area contributed by atoms with Gasteiger partial charge < -0.3 is 4.90 Å². The zero-order valence-corrected chi connectivity index (χ0v) is 17.2. The summed E-state index contributed by atoms with van der Waals surface area (Å²) in [5.41, 5.74) is 2.07. The standard InChI is InChI=1S/C20H17BrClN3O2/c1-24(12-18-17(21)11-23-25(18)2)20(27)16-6-4-3-5-15(16)19(26)13-7-9-14(22)10-8-13/h3-11H,12H2,1-2H3. The monoisotopic (exact) mass is 445 g/mol. The van der Waals surface area contributed by atoms with Gasteiger partial charge in [0.2, 0.25) is 0 Å². The lowest BCUT2D eigenvalue weighted by Crippen LogP contribution is -2.29. The van der Waals surface area contributed by atoms with Gasteiger partial charge in [-0.3, -0.25) is 14.3 Å². The third-order valence-electron chi connectivity index (χ3n) is 4.25. The minimum absolute atomic E-state index is 0.217. The molecule has 0 aliphatic heterocycles. The van der Waals surface area contributed by atoms with Gasteiger partial charge in [0.1, 0.15) is 0 Å². The predicted molar refractivity (Wildman–Crippen MR) is 108 cm³/mol. The van der Waals surface area contributed by atoms with Crippen molar-refractivity contribution in [2.45, 2.75) is 6.54 Å². The summed E-state index contributed by atoms with van der Waals surface area (Å²) in [5.74, 6) is -0.452. The van der Waals surface area contributed by atoms with Crippen molar-refractivity contribution < 1.29 is 9.59 Å². The Bertz CT molecular complexity index is 979. The molecule has 0 spiro atoms. The Hall–Kier alpha value is -2.44. The molecule has 0 N–H and O–H groups in total. The highest BCUT2D eigenvalue weighted by Gasteiger charge is 2.22. The number of carbonyl (C=O) groups excluding carboxylic acids is 2. The lowest BCUT2D eigenvalue weighted by atomic mass is 9.97. The molecule has 0 fully saturated rings. The lowest BCUT2D eigenvalue weighted by Gasteiger charge is -2.19. The highest BCUT2D eigenvalue weighted by molar-refractivity contribution is 9.10. The van der Waals surface area contributed by atoms with E-state index in [2.05, 4.69) is 21.0 Å². The van der Waals surface area contributed by atoms with E-state index in [9.17, 15) is 9.59 Å². The van der Waals surface area contributed by atoms with Crippen LogP contribution in [-0.2, 0) is 13.6 Å². The third-order valence-corrected chi connectivity index (χ3v) is 5.17. The average Bonchev–Trinajstić information content (AvgIpc) is 2.99. The fourth-order valence-corrected chi connectivity index (χ4v) is 3.34. The fraction of sp³-hybridized carbons (Fsp3) is 0.150. The van der Waals surface area contributed by atoms with Gasteiger partial charge in [-0.05, 0) is 46.3 Å². The van der Waals surface area contributed by atoms with Crippen molar-refractivity contribution in [2.24, 2.45) is 7.05 Å². The first-order valence-electron chi connectivity index (χ1n) is 8.19. The van der Waals surface area contributed by atoms with Crippen molar-refractivity contribution in [1.29, 1.82) is 0 Å². The average molecular weight is 447 g/mol. The normalized spacial score (nSPS) is 10.7. The number of benzene rings is 2. The SMILES string of the molecule is CN(Cc1c(Br)cnn1C)C(=O)c1ccccc1C(=O)c1ccc(Cl)cc1. The molecule has 3 rings (SSSR count). The Labute approximate surface area is 170 Å². The first kappa shape index (κ1) is 19.3. The van der Waals surface area contributed by atoms with Crippen LogP contribution in [0.3, 0.4) is 0 Å². The number of halogens is 2. The van der Waals surface area contributed by atoms with E-state index in [0.717, 1.165) is 10.2 Å². The molecule has 0 saturated heterocycles. The summed E-state index contributed by atoms with van der Waals surface area (Å²) in [4.78, 5) is 27.5. The highest BCUT2D eigenvalue weighted by atomic mass is 79.9. The largest absolute Gasteiger partial charge is 0.336 e. The number of aryl methyl sites for hydroxylation is 1. The third kappa shape index (κ3) is 4.12. The number of nitrogens with zero attached hydrogens (tertiary/aromatic N) is 3. The van der Waals surface area contributed by atoms with Crippen molar-refractivity contribution in [3.8, 4) is 0 Å². The smallest absolute Gasteiger partial charge is 0.254 e. The molecule has 2 aromatic carbocycles. The quantitative estimate of drug-likeness (QED) is 0.548. The minimum atomic E-state index is -0.235. The molecule has 1 aromatic heterocycles. The fourth-order valence-electron chi connectivity index (χ4n) is 2.74. The second kappa shape index (κ2) is 8.06. The van der Waals surface area contributed by atoms with E-state index in [1.54, 1.807) is 71.4 Å². The Morgan fingerprint density at radius 1 is 1.11 bits per heavy atom. The van der Waals surface area contributed by atoms with Gasteiger partial charge in [0, 0.05) is 30.2 Å². The second-order valence-electron chi connectivity index (χ2n) is 6.11. The molecule has 1 heterocycles. The van der Waals surface area contributed by atoms with Crippen LogP contribution in [0.15, 0.2) is 59.2 Å². The zero-order chi connectivity index (χ0) is 19.6. The molecule has 3 aromatic rings. The molecule has 1 amide bonds. The van der Waals surface area contributed by atoms with E-state index in [4.69, 9.17) is 11.6 Å². The van der Waals surface area contributed by atoms with Crippen LogP contribution in [0.5, 0.6) is 0 Å². The van der Waals surface area contributed by atoms with Crippen LogP contribution >= 0.6 is 27.5 Å². The van der Waals surface area contributed by atoms with Crippen LogP contribution in [0.1, 0.15) is 32.0 Å². The van der Waals surface area contributed by atoms with Gasteiger partial charge in [-0.1, -0.05) is 29.8 Å². The molecule has 0 radical (unpaired) electrons. The molecule has 0 bridgehead atoms. The van der Waals surface area contributed by atoms with Gasteiger partial charge >= 0.3 is 0 Å². The molecule has 5 nitrogen and oxygen atoms in total. The van der Waals surface area contributed by atoms with Crippen molar-refractivity contribution >= 4 is 39.2 Å². The number of rotatable bonds is 5. The Kier molecular flexibility index (Phi) is 5.77. The minimum Gasteiger partial charge on any atom is -0.336 e. The first-order chi connectivity index (χ1) is 12.9. The summed E-state index contributed by atoms with van der Waals surface area (Å²) >= 11 is 9.33. The van der Waals surface area contributed by atoms with E-state index in [-0.39, 0.29) is 11.7 Å². The molecular formula is C20H17BrClN3O2. The number of amides is 1. The molecule has 0 saturated carbocycles. The summed E-state index contributed by atoms with van der Waals surface area (Å²) in [6.45, 7) is 0.361. The van der Waals surface area contributed by atoms with E-state index in [0.29, 0.717) is 28.3 Å². The van der Waals surface area contributed by atoms with Crippen LogP contribution in [-0.4, -0.2) is 33.4 Å². The van der Waals surface area contributed by atoms with Gasteiger partial charge in [-0.15, -0.1) is 0 Å². The Balaban J connectivity index is 1.89.